The van der Waals surface area contributed by atoms with Gasteiger partial charge in [-0.05, 0) is 12.1 Å². The molecule has 0 spiro atoms. The first kappa shape index (κ1) is 14.6. The average Bonchev–Trinajstić information content (AvgIpc) is 2.91. The lowest BCUT2D eigenvalue weighted by Gasteiger charge is -2.05. The van der Waals surface area contributed by atoms with Gasteiger partial charge >= 0.3 is 11.7 Å². The predicted octanol–water partition coefficient (Wildman–Crippen LogP) is 0.639. The molecular weight excluding hydrogens is 250 g/mol. The number of ether oxygens (including phenoxy) is 1. The van der Waals surface area contributed by atoms with Gasteiger partial charge in [0, 0.05) is 6.42 Å². The lowest BCUT2D eigenvalue weighted by Crippen LogP contribution is -2.30. The van der Waals surface area contributed by atoms with Crippen molar-refractivity contribution < 1.29 is 23.5 Å². The molecule has 0 bridgehead atoms. The number of hydrogen-bond donors (Lipinski definition) is 1. The molecule has 0 aromatic carbocycles. The van der Waals surface area contributed by atoms with Crippen LogP contribution in [0.1, 0.15) is 18.2 Å². The molecule has 0 saturated heterocycles. The Balaban J connectivity index is 2.67. The van der Waals surface area contributed by atoms with Crippen LogP contribution >= 0.6 is 0 Å². The summed E-state index contributed by atoms with van der Waals surface area (Å²) < 4.78 is 9.63. The summed E-state index contributed by atoms with van der Waals surface area (Å²) in [5, 5.41) is 0. The molecule has 0 unspecified atom stereocenters. The standard InChI is InChI=1S/C12H13N3O4/c1-2-5-19-12(17)11(15-14)9(16)7-8(13)10-4-3-6-18-10/h2-4,6,8H,1,5,7,13H2/t8-/m1/s1. The van der Waals surface area contributed by atoms with Crippen molar-refractivity contribution in [2.45, 2.75) is 12.5 Å². The minimum atomic E-state index is -1.03. The number of carbonyl (C=O) groups excluding carboxylic acids is 2. The minimum Gasteiger partial charge on any atom is -0.468 e. The van der Waals surface area contributed by atoms with Crippen molar-refractivity contribution in [1.29, 1.82) is 0 Å². The van der Waals surface area contributed by atoms with E-state index in [9.17, 15) is 9.59 Å². The van der Waals surface area contributed by atoms with Gasteiger partial charge in [-0.15, -0.1) is 0 Å². The van der Waals surface area contributed by atoms with Gasteiger partial charge in [-0.2, -0.15) is 4.79 Å². The van der Waals surface area contributed by atoms with Gasteiger partial charge in [0.15, 0.2) is 0 Å². The Bertz CT molecular complexity index is 515. The molecule has 7 nitrogen and oxygen atoms in total. The highest BCUT2D eigenvalue weighted by Crippen LogP contribution is 2.14. The van der Waals surface area contributed by atoms with E-state index < -0.39 is 23.5 Å². The summed E-state index contributed by atoms with van der Waals surface area (Å²) in [4.78, 5) is 25.8. The normalized spacial score (nSPS) is 11.2. The number of nitrogens with two attached hydrogens (primary N) is 1. The van der Waals surface area contributed by atoms with Crippen molar-refractivity contribution in [3.05, 3.63) is 42.3 Å². The number of hydrogen-bond acceptors (Lipinski definition) is 5. The largest absolute Gasteiger partial charge is 0.468 e. The molecule has 0 aliphatic heterocycles. The number of rotatable bonds is 7. The molecule has 7 heteroatoms. The van der Waals surface area contributed by atoms with Crippen LogP contribution in [-0.4, -0.2) is 28.9 Å². The smallest absolute Gasteiger partial charge is 0.441 e. The first-order valence-electron chi connectivity index (χ1n) is 5.42. The molecule has 0 radical (unpaired) electrons. The number of esters is 1. The van der Waals surface area contributed by atoms with Crippen molar-refractivity contribution in [2.24, 2.45) is 5.73 Å². The number of ketones is 1. The predicted molar refractivity (Wildman–Crippen MR) is 65.0 cm³/mol. The minimum absolute atomic E-state index is 0.0879. The Morgan fingerprint density at radius 1 is 1.63 bits per heavy atom. The molecule has 19 heavy (non-hydrogen) atoms. The van der Waals surface area contributed by atoms with Gasteiger partial charge < -0.3 is 20.4 Å². The fraction of sp³-hybridized carbons (Fsp3) is 0.250. The molecule has 1 aromatic heterocycles. The second-order valence-corrected chi connectivity index (χ2v) is 3.58. The van der Waals surface area contributed by atoms with Crippen molar-refractivity contribution in [3.8, 4) is 0 Å². The monoisotopic (exact) mass is 263 g/mol. The quantitative estimate of drug-likeness (QED) is 0.193. The van der Waals surface area contributed by atoms with E-state index >= 15 is 0 Å². The van der Waals surface area contributed by atoms with Crippen molar-refractivity contribution in [3.63, 3.8) is 0 Å². The lowest BCUT2D eigenvalue weighted by molar-refractivity contribution is -0.141. The third kappa shape index (κ3) is 4.02. The Morgan fingerprint density at radius 2 is 2.37 bits per heavy atom. The highest BCUT2D eigenvalue weighted by Gasteiger charge is 2.32. The third-order valence-corrected chi connectivity index (χ3v) is 2.20. The van der Waals surface area contributed by atoms with Crippen molar-refractivity contribution in [2.75, 3.05) is 6.61 Å². The van der Waals surface area contributed by atoms with Gasteiger partial charge in [0.25, 0.3) is 5.78 Å². The molecule has 0 aliphatic carbocycles. The Hall–Kier alpha value is -2.50. The maximum absolute atomic E-state index is 11.7. The number of nitrogens with zero attached hydrogens (tertiary/aromatic N) is 2. The van der Waals surface area contributed by atoms with Gasteiger partial charge in [-0.3, -0.25) is 4.79 Å². The summed E-state index contributed by atoms with van der Waals surface area (Å²) in [5.74, 6) is -1.37. The summed E-state index contributed by atoms with van der Waals surface area (Å²) in [6.07, 6.45) is 2.50. The van der Waals surface area contributed by atoms with Crippen LogP contribution < -0.4 is 5.73 Å². The van der Waals surface area contributed by atoms with Gasteiger partial charge in [0.1, 0.15) is 12.4 Å². The lowest BCUT2D eigenvalue weighted by atomic mass is 10.1. The van der Waals surface area contributed by atoms with Gasteiger partial charge in [-0.25, -0.2) is 4.79 Å². The molecule has 100 valence electrons. The van der Waals surface area contributed by atoms with E-state index in [0.29, 0.717) is 5.76 Å². The summed E-state index contributed by atoms with van der Waals surface area (Å²) in [5.41, 5.74) is 13.7. The Kier molecular flexibility index (Phi) is 5.40. The molecule has 0 saturated carbocycles. The van der Waals surface area contributed by atoms with E-state index in [1.54, 1.807) is 12.1 Å². The molecule has 0 amide bonds. The zero-order valence-corrected chi connectivity index (χ0v) is 10.1. The maximum atomic E-state index is 11.7. The highest BCUT2D eigenvalue weighted by atomic mass is 16.5. The molecule has 0 aliphatic rings. The molecule has 0 fully saturated rings. The second-order valence-electron chi connectivity index (χ2n) is 3.58. The number of carbonyl (C=O) groups is 2. The van der Waals surface area contributed by atoms with Crippen LogP contribution in [-0.2, 0) is 14.3 Å². The van der Waals surface area contributed by atoms with E-state index in [0.717, 1.165) is 0 Å². The van der Waals surface area contributed by atoms with Gasteiger partial charge in [-0.1, -0.05) is 12.7 Å². The van der Waals surface area contributed by atoms with Crippen LogP contribution in [0.4, 0.5) is 0 Å². The molecule has 1 heterocycles. The van der Waals surface area contributed by atoms with Crippen LogP contribution in [0.25, 0.3) is 5.53 Å². The van der Waals surface area contributed by atoms with E-state index in [2.05, 4.69) is 16.1 Å². The first-order valence-corrected chi connectivity index (χ1v) is 5.42. The van der Waals surface area contributed by atoms with Crippen LogP contribution in [0.3, 0.4) is 0 Å². The Labute approximate surface area is 109 Å². The summed E-state index contributed by atoms with van der Waals surface area (Å²) in [6, 6.07) is 2.49. The molecule has 1 rings (SSSR count). The zero-order chi connectivity index (χ0) is 14.3. The summed E-state index contributed by atoms with van der Waals surface area (Å²) in [7, 11) is 0. The molecular formula is C12H13N3O4. The maximum Gasteiger partial charge on any atom is 0.441 e. The first-order chi connectivity index (χ1) is 9.10. The van der Waals surface area contributed by atoms with Gasteiger partial charge in [0.2, 0.25) is 0 Å². The van der Waals surface area contributed by atoms with Crippen LogP contribution in [0.5, 0.6) is 0 Å². The van der Waals surface area contributed by atoms with E-state index in [-0.39, 0.29) is 13.0 Å². The molecule has 1 aromatic rings. The third-order valence-electron chi connectivity index (χ3n) is 2.20. The highest BCUT2D eigenvalue weighted by molar-refractivity contribution is 6.62. The van der Waals surface area contributed by atoms with Crippen molar-refractivity contribution in [1.82, 2.24) is 0 Å². The van der Waals surface area contributed by atoms with Crippen LogP contribution in [0.2, 0.25) is 0 Å². The number of furan rings is 1. The molecule has 2 N–H and O–H groups in total. The topological polar surface area (TPSA) is 119 Å². The number of Topliss-reactive ketones (excluding diaryl/α,β-unsaturated/α-hetero) is 1. The summed E-state index contributed by atoms with van der Waals surface area (Å²) in [6.45, 7) is 3.26. The van der Waals surface area contributed by atoms with Crippen LogP contribution in [0.15, 0.2) is 35.5 Å². The van der Waals surface area contributed by atoms with Gasteiger partial charge in [0.05, 0.1) is 12.3 Å². The molecule has 1 atom stereocenters. The van der Waals surface area contributed by atoms with E-state index in [1.165, 1.54) is 12.3 Å². The zero-order valence-electron chi connectivity index (χ0n) is 10.1. The fourth-order valence-electron chi connectivity index (χ4n) is 1.31. The van der Waals surface area contributed by atoms with E-state index in [4.69, 9.17) is 15.7 Å². The second kappa shape index (κ2) is 7.05. The summed E-state index contributed by atoms with van der Waals surface area (Å²) >= 11 is 0. The van der Waals surface area contributed by atoms with Crippen molar-refractivity contribution >= 4 is 17.5 Å². The van der Waals surface area contributed by atoms with Crippen LogP contribution in [0, 0.1) is 0 Å². The Morgan fingerprint density at radius 3 is 2.89 bits per heavy atom. The SMILES string of the molecule is C=CCOC(=O)C(=[N+]=[N-])C(=O)C[C@@H](N)c1ccco1. The fourth-order valence-corrected chi connectivity index (χ4v) is 1.31. The average molecular weight is 263 g/mol. The van der Waals surface area contributed by atoms with E-state index in [1.807, 2.05) is 0 Å².